The first-order chi connectivity index (χ1) is 12.7. The molecular formula is C19H36Cl2N4O3. The number of piperidine rings is 1. The third kappa shape index (κ3) is 6.73. The topological polar surface area (TPSA) is 65.1 Å². The Labute approximate surface area is 181 Å². The molecule has 2 aliphatic heterocycles. The van der Waals surface area contributed by atoms with Crippen LogP contribution in [0.25, 0.3) is 0 Å². The standard InChI is InChI=1S/C19H34N4O3.2ClH/c1-26-19(25)14-16-2-4-18(5-3-16)23(15-24)22-12-10-21(11-13-22)17-6-8-20-9-7-17;;/h15-18,20H,2-14H2,1H3;2*1H. The van der Waals surface area contributed by atoms with Crippen molar-refractivity contribution in [1.29, 1.82) is 0 Å². The lowest BCUT2D eigenvalue weighted by Gasteiger charge is -2.46. The van der Waals surface area contributed by atoms with Crippen molar-refractivity contribution in [2.24, 2.45) is 5.92 Å². The number of hydrazine groups is 1. The van der Waals surface area contributed by atoms with E-state index in [-0.39, 0.29) is 36.8 Å². The summed E-state index contributed by atoms with van der Waals surface area (Å²) in [6.45, 7) is 6.22. The summed E-state index contributed by atoms with van der Waals surface area (Å²) in [6, 6.07) is 0.990. The molecule has 0 bridgehead atoms. The Morgan fingerprint density at radius 3 is 2.18 bits per heavy atom. The van der Waals surface area contributed by atoms with Gasteiger partial charge in [0.2, 0.25) is 6.41 Å². The normalized spacial score (nSPS) is 27.2. The van der Waals surface area contributed by atoms with Crippen LogP contribution in [0.5, 0.6) is 0 Å². The second-order valence-electron chi connectivity index (χ2n) is 7.91. The lowest BCUT2D eigenvalue weighted by atomic mass is 9.84. The lowest BCUT2D eigenvalue weighted by molar-refractivity contribution is -0.150. The van der Waals surface area contributed by atoms with Gasteiger partial charge in [0.15, 0.2) is 0 Å². The Morgan fingerprint density at radius 2 is 1.64 bits per heavy atom. The minimum atomic E-state index is -0.116. The van der Waals surface area contributed by atoms with Crippen molar-refractivity contribution >= 4 is 37.2 Å². The van der Waals surface area contributed by atoms with Crippen LogP contribution in [0.3, 0.4) is 0 Å². The largest absolute Gasteiger partial charge is 0.469 e. The molecule has 3 fully saturated rings. The highest BCUT2D eigenvalue weighted by Crippen LogP contribution is 2.30. The summed E-state index contributed by atoms with van der Waals surface area (Å²) in [7, 11) is 1.45. The summed E-state index contributed by atoms with van der Waals surface area (Å²) in [4.78, 5) is 25.8. The van der Waals surface area contributed by atoms with Crippen molar-refractivity contribution in [1.82, 2.24) is 20.2 Å². The van der Waals surface area contributed by atoms with Crippen LogP contribution in [0.15, 0.2) is 0 Å². The van der Waals surface area contributed by atoms with E-state index in [0.29, 0.717) is 18.4 Å². The van der Waals surface area contributed by atoms with E-state index >= 15 is 0 Å². The first-order valence-corrected chi connectivity index (χ1v) is 10.2. The van der Waals surface area contributed by atoms with Gasteiger partial charge in [0, 0.05) is 44.7 Å². The average Bonchev–Trinajstić information content (AvgIpc) is 2.71. The van der Waals surface area contributed by atoms with Gasteiger partial charge in [-0.1, -0.05) is 0 Å². The Balaban J connectivity index is 0.00000196. The number of nitrogens with one attached hydrogen (secondary N) is 1. The van der Waals surface area contributed by atoms with Gasteiger partial charge in [-0.2, -0.15) is 0 Å². The van der Waals surface area contributed by atoms with Gasteiger partial charge in [0.25, 0.3) is 0 Å². The zero-order chi connectivity index (χ0) is 18.4. The van der Waals surface area contributed by atoms with Crippen molar-refractivity contribution < 1.29 is 14.3 Å². The maximum Gasteiger partial charge on any atom is 0.305 e. The average molecular weight is 439 g/mol. The van der Waals surface area contributed by atoms with E-state index in [2.05, 4.69) is 15.2 Å². The van der Waals surface area contributed by atoms with Crippen LogP contribution in [0.4, 0.5) is 0 Å². The Kier molecular flexibility index (Phi) is 11.7. The number of hydrogen-bond acceptors (Lipinski definition) is 6. The Bertz CT molecular complexity index is 464. The summed E-state index contributed by atoms with van der Waals surface area (Å²) in [5.41, 5.74) is 0. The molecule has 2 saturated heterocycles. The molecule has 0 aromatic rings. The monoisotopic (exact) mass is 438 g/mol. The molecule has 3 rings (SSSR count). The second kappa shape index (κ2) is 12.9. The van der Waals surface area contributed by atoms with Crippen LogP contribution in [0, 0.1) is 5.92 Å². The quantitative estimate of drug-likeness (QED) is 0.502. The molecule has 1 N–H and O–H groups in total. The molecule has 7 nitrogen and oxygen atoms in total. The highest BCUT2D eigenvalue weighted by Gasteiger charge is 2.32. The van der Waals surface area contributed by atoms with Gasteiger partial charge in [-0.05, 0) is 57.5 Å². The van der Waals surface area contributed by atoms with E-state index in [1.54, 1.807) is 0 Å². The number of carbonyl (C=O) groups excluding carboxylic acids is 2. The predicted octanol–water partition coefficient (Wildman–Crippen LogP) is 1.69. The van der Waals surface area contributed by atoms with Crippen LogP contribution in [-0.4, -0.2) is 85.8 Å². The first kappa shape index (κ1) is 25.4. The molecule has 164 valence electrons. The van der Waals surface area contributed by atoms with Crippen LogP contribution in [-0.2, 0) is 14.3 Å². The number of carbonyl (C=O) groups is 2. The molecule has 1 aliphatic carbocycles. The SMILES string of the molecule is COC(=O)CC1CCC(N(C=O)N2CCN(C3CCNCC3)CC2)CC1.Cl.Cl. The molecule has 1 saturated carbocycles. The van der Waals surface area contributed by atoms with Gasteiger partial charge in [-0.3, -0.25) is 19.5 Å². The van der Waals surface area contributed by atoms with Crippen LogP contribution in [0.2, 0.25) is 0 Å². The van der Waals surface area contributed by atoms with E-state index in [4.69, 9.17) is 4.74 Å². The molecular weight excluding hydrogens is 403 g/mol. The molecule has 0 aromatic carbocycles. The van der Waals surface area contributed by atoms with Crippen molar-refractivity contribution in [3.05, 3.63) is 0 Å². The van der Waals surface area contributed by atoms with Gasteiger partial charge in [-0.25, -0.2) is 5.01 Å². The van der Waals surface area contributed by atoms with E-state index in [1.807, 2.05) is 5.01 Å². The van der Waals surface area contributed by atoms with Crippen molar-refractivity contribution in [2.75, 3.05) is 46.4 Å². The van der Waals surface area contributed by atoms with Crippen molar-refractivity contribution in [3.63, 3.8) is 0 Å². The number of halogens is 2. The molecule has 0 atom stereocenters. The number of esters is 1. The molecule has 1 amide bonds. The van der Waals surface area contributed by atoms with Gasteiger partial charge in [0.1, 0.15) is 0 Å². The number of ether oxygens (including phenoxy) is 1. The summed E-state index contributed by atoms with van der Waals surface area (Å²) in [5.74, 6) is 0.290. The minimum Gasteiger partial charge on any atom is -0.469 e. The third-order valence-electron chi connectivity index (χ3n) is 6.42. The maximum atomic E-state index is 11.8. The molecule has 0 aromatic heterocycles. The second-order valence-corrected chi connectivity index (χ2v) is 7.91. The molecule has 0 spiro atoms. The predicted molar refractivity (Wildman–Crippen MR) is 114 cm³/mol. The fourth-order valence-corrected chi connectivity index (χ4v) is 4.80. The molecule has 0 unspecified atom stereocenters. The van der Waals surface area contributed by atoms with Crippen molar-refractivity contribution in [2.45, 2.75) is 57.0 Å². The molecule has 0 radical (unpaired) electrons. The van der Waals surface area contributed by atoms with Gasteiger partial charge in [0.05, 0.1) is 7.11 Å². The Morgan fingerprint density at radius 1 is 1.04 bits per heavy atom. The number of rotatable bonds is 6. The number of hydrogen-bond donors (Lipinski definition) is 1. The molecule has 3 aliphatic rings. The summed E-state index contributed by atoms with van der Waals surface area (Å²) in [6.07, 6.45) is 7.97. The fourth-order valence-electron chi connectivity index (χ4n) is 4.80. The van der Waals surface area contributed by atoms with E-state index in [0.717, 1.165) is 71.4 Å². The maximum absolute atomic E-state index is 11.8. The van der Waals surface area contributed by atoms with E-state index in [9.17, 15) is 9.59 Å². The summed E-state index contributed by atoms with van der Waals surface area (Å²) in [5, 5.41) is 7.63. The summed E-state index contributed by atoms with van der Waals surface area (Å²) >= 11 is 0. The lowest BCUT2D eigenvalue weighted by Crippen LogP contribution is -2.59. The Hall–Kier alpha value is -0.600. The zero-order valence-corrected chi connectivity index (χ0v) is 18.5. The number of nitrogens with zero attached hydrogens (tertiary/aromatic N) is 3. The number of piperazine rings is 1. The molecule has 9 heteroatoms. The first-order valence-electron chi connectivity index (χ1n) is 10.2. The van der Waals surface area contributed by atoms with Crippen molar-refractivity contribution in [3.8, 4) is 0 Å². The zero-order valence-electron chi connectivity index (χ0n) is 16.9. The van der Waals surface area contributed by atoms with E-state index < -0.39 is 0 Å². The molecule has 28 heavy (non-hydrogen) atoms. The van der Waals surface area contributed by atoms with Gasteiger partial charge < -0.3 is 10.1 Å². The highest BCUT2D eigenvalue weighted by atomic mass is 35.5. The van der Waals surface area contributed by atoms with Crippen LogP contribution in [0.1, 0.15) is 44.9 Å². The highest BCUT2D eigenvalue weighted by molar-refractivity contribution is 5.85. The van der Waals surface area contributed by atoms with Gasteiger partial charge in [-0.15, -0.1) is 24.8 Å². The van der Waals surface area contributed by atoms with Crippen LogP contribution >= 0.6 is 24.8 Å². The minimum absolute atomic E-state index is 0. The number of methoxy groups -OCH3 is 1. The third-order valence-corrected chi connectivity index (χ3v) is 6.42. The fraction of sp³-hybridized carbons (Fsp3) is 0.895. The van der Waals surface area contributed by atoms with Gasteiger partial charge >= 0.3 is 5.97 Å². The van der Waals surface area contributed by atoms with E-state index in [1.165, 1.54) is 20.0 Å². The van der Waals surface area contributed by atoms with Crippen LogP contribution < -0.4 is 5.32 Å². The number of amides is 1. The smallest absolute Gasteiger partial charge is 0.305 e. The summed E-state index contributed by atoms with van der Waals surface area (Å²) < 4.78 is 4.78. The molecule has 2 heterocycles.